The zero-order chi connectivity index (χ0) is 22.1. The first-order valence-corrected chi connectivity index (χ1v) is 9.58. The molecule has 10 nitrogen and oxygen atoms in total. The summed E-state index contributed by atoms with van der Waals surface area (Å²) in [6.45, 7) is 3.86. The Morgan fingerprint density at radius 3 is 2.81 bits per heavy atom. The minimum atomic E-state index is -0.541. The minimum absolute atomic E-state index is 0.0638. The largest absolute Gasteiger partial charge is 0.479 e. The number of carbonyl (C=O) groups is 1. The van der Waals surface area contributed by atoms with E-state index in [1.54, 1.807) is 11.8 Å². The van der Waals surface area contributed by atoms with Crippen LogP contribution in [0.5, 0.6) is 5.88 Å². The van der Waals surface area contributed by atoms with E-state index in [4.69, 9.17) is 4.74 Å². The molecule has 0 fully saturated rings. The normalized spacial score (nSPS) is 11.1. The highest BCUT2D eigenvalue weighted by Crippen LogP contribution is 2.30. The quantitative estimate of drug-likeness (QED) is 0.505. The summed E-state index contributed by atoms with van der Waals surface area (Å²) >= 11 is 0. The van der Waals surface area contributed by atoms with E-state index in [9.17, 15) is 9.18 Å². The van der Waals surface area contributed by atoms with Crippen LogP contribution < -0.4 is 10.1 Å². The van der Waals surface area contributed by atoms with Gasteiger partial charge in [-0.05, 0) is 60.0 Å². The van der Waals surface area contributed by atoms with Crippen molar-refractivity contribution in [3.8, 4) is 11.6 Å². The number of aromatic nitrogens is 7. The monoisotopic (exact) mass is 424 g/mol. The fourth-order valence-electron chi connectivity index (χ4n) is 3.59. The maximum atomic E-state index is 14.2. The zero-order valence-corrected chi connectivity index (χ0v) is 17.5. The van der Waals surface area contributed by atoms with E-state index >= 15 is 0 Å². The molecule has 4 aromatic rings. The Morgan fingerprint density at radius 1 is 1.29 bits per heavy atom. The molecule has 31 heavy (non-hydrogen) atoms. The smallest absolute Gasteiger partial charge is 0.242 e. The molecule has 0 bridgehead atoms. The second-order valence-corrected chi connectivity index (χ2v) is 7.10. The molecule has 0 aliphatic rings. The lowest BCUT2D eigenvalue weighted by atomic mass is 10.00. The molecule has 11 heteroatoms. The molecule has 0 aliphatic carbocycles. The van der Waals surface area contributed by atoms with Crippen LogP contribution in [0, 0.1) is 19.7 Å². The van der Waals surface area contributed by atoms with Gasteiger partial charge in [-0.3, -0.25) is 4.79 Å². The van der Waals surface area contributed by atoms with Crippen molar-refractivity contribution in [2.24, 2.45) is 7.05 Å². The molecular formula is C20H21FN8O2. The first kappa shape index (κ1) is 20.4. The average Bonchev–Trinajstić information content (AvgIpc) is 3.38. The van der Waals surface area contributed by atoms with Crippen molar-refractivity contribution in [3.05, 3.63) is 47.2 Å². The molecule has 0 atom stereocenters. The Bertz CT molecular complexity index is 1270. The molecule has 1 N–H and O–H groups in total. The number of halogens is 1. The third-order valence-electron chi connectivity index (χ3n) is 5.16. The van der Waals surface area contributed by atoms with E-state index in [0.717, 1.165) is 27.9 Å². The van der Waals surface area contributed by atoms with E-state index in [2.05, 4.69) is 30.9 Å². The van der Waals surface area contributed by atoms with Gasteiger partial charge < -0.3 is 10.1 Å². The maximum Gasteiger partial charge on any atom is 0.242 e. The third-order valence-corrected chi connectivity index (χ3v) is 5.16. The van der Waals surface area contributed by atoms with Gasteiger partial charge in [-0.1, -0.05) is 0 Å². The summed E-state index contributed by atoms with van der Waals surface area (Å²) in [5.41, 5.74) is 4.04. The lowest BCUT2D eigenvalue weighted by molar-refractivity contribution is -0.116. The molecule has 0 saturated heterocycles. The Hall–Kier alpha value is -3.89. The predicted molar refractivity (Wildman–Crippen MR) is 111 cm³/mol. The van der Waals surface area contributed by atoms with Crippen LogP contribution >= 0.6 is 0 Å². The molecule has 3 heterocycles. The topological polar surface area (TPSA) is 113 Å². The lowest BCUT2D eigenvalue weighted by Gasteiger charge is -2.12. The first-order valence-electron chi connectivity index (χ1n) is 9.58. The number of amides is 1. The standard InChI is InChI=1S/C20H21FN8O2/c1-11-14(12(2)23-19-18(11)20(31-4)25-28(19)3)6-8-17(30)24-16-9-13(5-7-15(16)21)29-10-22-26-27-29/h5,7,9-10H,6,8H2,1-4H3,(H,24,30). The highest BCUT2D eigenvalue weighted by Gasteiger charge is 2.19. The van der Waals surface area contributed by atoms with Crippen LogP contribution in [-0.2, 0) is 18.3 Å². The summed E-state index contributed by atoms with van der Waals surface area (Å²) in [4.78, 5) is 17.2. The Labute approximate surface area is 177 Å². The second-order valence-electron chi connectivity index (χ2n) is 7.10. The van der Waals surface area contributed by atoms with E-state index in [0.29, 0.717) is 18.0 Å². The number of carbonyl (C=O) groups excluding carboxylic acids is 1. The summed E-state index contributed by atoms with van der Waals surface area (Å²) in [7, 11) is 3.37. The number of pyridine rings is 1. The van der Waals surface area contributed by atoms with Crippen LogP contribution in [-0.4, -0.2) is 48.0 Å². The number of rotatable bonds is 6. The SMILES string of the molecule is COc1nn(C)c2nc(C)c(CCC(=O)Nc3cc(-n4cnnn4)ccc3F)c(C)c12. The summed E-state index contributed by atoms with van der Waals surface area (Å²) in [6.07, 6.45) is 1.99. The Balaban J connectivity index is 1.53. The van der Waals surface area contributed by atoms with Gasteiger partial charge in [0.1, 0.15) is 12.1 Å². The summed E-state index contributed by atoms with van der Waals surface area (Å²) in [6, 6.07) is 4.26. The number of anilines is 1. The summed E-state index contributed by atoms with van der Waals surface area (Å²) in [5, 5.41) is 18.7. The highest BCUT2D eigenvalue weighted by atomic mass is 19.1. The van der Waals surface area contributed by atoms with Crippen molar-refractivity contribution in [2.45, 2.75) is 26.7 Å². The fraction of sp³-hybridized carbons (Fsp3) is 0.300. The van der Waals surface area contributed by atoms with Gasteiger partial charge in [0.05, 0.1) is 23.9 Å². The number of fused-ring (bicyclic) bond motifs is 1. The molecule has 160 valence electrons. The van der Waals surface area contributed by atoms with Crippen LogP contribution in [0.25, 0.3) is 16.7 Å². The Morgan fingerprint density at radius 2 is 2.10 bits per heavy atom. The summed E-state index contributed by atoms with van der Waals surface area (Å²) in [5.74, 6) is -0.361. The molecule has 0 radical (unpaired) electrons. The second kappa shape index (κ2) is 8.09. The van der Waals surface area contributed by atoms with E-state index < -0.39 is 5.82 Å². The number of methoxy groups -OCH3 is 1. The van der Waals surface area contributed by atoms with Gasteiger partial charge in [0, 0.05) is 19.2 Å². The van der Waals surface area contributed by atoms with Gasteiger partial charge in [-0.15, -0.1) is 10.2 Å². The van der Waals surface area contributed by atoms with Crippen molar-refractivity contribution < 1.29 is 13.9 Å². The van der Waals surface area contributed by atoms with Crippen LogP contribution in [0.15, 0.2) is 24.5 Å². The van der Waals surface area contributed by atoms with Gasteiger partial charge in [-0.2, -0.15) is 0 Å². The van der Waals surface area contributed by atoms with Gasteiger partial charge >= 0.3 is 0 Å². The zero-order valence-electron chi connectivity index (χ0n) is 17.5. The van der Waals surface area contributed by atoms with E-state index in [1.165, 1.54) is 29.2 Å². The van der Waals surface area contributed by atoms with Gasteiger partial charge in [0.15, 0.2) is 5.65 Å². The number of nitrogens with one attached hydrogen (secondary N) is 1. The van der Waals surface area contributed by atoms with Crippen LogP contribution in [0.3, 0.4) is 0 Å². The van der Waals surface area contributed by atoms with Crippen molar-refractivity contribution >= 4 is 22.6 Å². The number of hydrogen-bond donors (Lipinski definition) is 1. The molecule has 0 saturated carbocycles. The number of nitrogens with zero attached hydrogens (tertiary/aromatic N) is 7. The summed E-state index contributed by atoms with van der Waals surface area (Å²) < 4.78 is 22.6. The molecular weight excluding hydrogens is 403 g/mol. The van der Waals surface area contributed by atoms with Crippen molar-refractivity contribution in [1.82, 2.24) is 35.0 Å². The van der Waals surface area contributed by atoms with Crippen molar-refractivity contribution in [1.29, 1.82) is 0 Å². The number of hydrogen-bond acceptors (Lipinski definition) is 7. The molecule has 1 aromatic carbocycles. The molecule has 1 amide bonds. The maximum absolute atomic E-state index is 14.2. The predicted octanol–water partition coefficient (Wildman–Crippen LogP) is 2.28. The van der Waals surface area contributed by atoms with E-state index in [1.807, 2.05) is 20.9 Å². The number of tetrazole rings is 1. The van der Waals surface area contributed by atoms with Gasteiger partial charge in [0.2, 0.25) is 11.8 Å². The number of ether oxygens (including phenoxy) is 1. The minimum Gasteiger partial charge on any atom is -0.479 e. The first-order chi connectivity index (χ1) is 14.9. The fourth-order valence-corrected chi connectivity index (χ4v) is 3.59. The average molecular weight is 424 g/mol. The van der Waals surface area contributed by atoms with Crippen LogP contribution in [0.2, 0.25) is 0 Å². The molecule has 4 rings (SSSR count). The van der Waals surface area contributed by atoms with Crippen LogP contribution in [0.1, 0.15) is 23.2 Å². The van der Waals surface area contributed by atoms with Crippen LogP contribution in [0.4, 0.5) is 10.1 Å². The third kappa shape index (κ3) is 3.81. The number of aryl methyl sites for hydroxylation is 3. The van der Waals surface area contributed by atoms with Gasteiger partial charge in [-0.25, -0.2) is 18.7 Å². The molecule has 0 aliphatic heterocycles. The lowest BCUT2D eigenvalue weighted by Crippen LogP contribution is -2.15. The molecule has 3 aromatic heterocycles. The van der Waals surface area contributed by atoms with Crippen molar-refractivity contribution in [2.75, 3.05) is 12.4 Å². The van der Waals surface area contributed by atoms with E-state index in [-0.39, 0.29) is 18.0 Å². The Kier molecular flexibility index (Phi) is 5.32. The van der Waals surface area contributed by atoms with Crippen molar-refractivity contribution in [3.63, 3.8) is 0 Å². The molecule has 0 unspecified atom stereocenters. The van der Waals surface area contributed by atoms with Gasteiger partial charge in [0.25, 0.3) is 0 Å². The number of benzene rings is 1. The highest BCUT2D eigenvalue weighted by molar-refractivity contribution is 5.91. The molecule has 0 spiro atoms.